The van der Waals surface area contributed by atoms with Gasteiger partial charge in [0, 0.05) is 19.6 Å². The van der Waals surface area contributed by atoms with Gasteiger partial charge in [0.2, 0.25) is 11.8 Å². The van der Waals surface area contributed by atoms with E-state index < -0.39 is 6.04 Å². The largest absolute Gasteiger partial charge is 0.346 e. The predicted molar refractivity (Wildman–Crippen MR) is 55.9 cm³/mol. The summed E-state index contributed by atoms with van der Waals surface area (Å²) in [5.41, 5.74) is 10.6. The molecule has 1 saturated heterocycles. The van der Waals surface area contributed by atoms with Gasteiger partial charge in [0.15, 0.2) is 0 Å². The molecule has 5 N–H and O–H groups in total. The van der Waals surface area contributed by atoms with Crippen LogP contribution in [-0.4, -0.2) is 48.9 Å². The van der Waals surface area contributed by atoms with E-state index in [9.17, 15) is 9.59 Å². The van der Waals surface area contributed by atoms with Crippen LogP contribution in [0.15, 0.2) is 0 Å². The predicted octanol–water partition coefficient (Wildman–Crippen LogP) is -1.99. The Morgan fingerprint density at radius 2 is 1.93 bits per heavy atom. The molecule has 1 atom stereocenters. The Labute approximate surface area is 89.0 Å². The maximum atomic E-state index is 11.5. The van der Waals surface area contributed by atoms with Crippen LogP contribution in [0.1, 0.15) is 12.8 Å². The fourth-order valence-electron chi connectivity index (χ4n) is 1.48. The molecule has 0 bridgehead atoms. The van der Waals surface area contributed by atoms with Crippen LogP contribution in [0.3, 0.4) is 0 Å². The minimum atomic E-state index is -0.726. The molecule has 0 saturated carbocycles. The Hall–Kier alpha value is -1.14. The summed E-state index contributed by atoms with van der Waals surface area (Å²) in [6.07, 6.45) is 2.09. The minimum Gasteiger partial charge on any atom is -0.346 e. The molecule has 1 fully saturated rings. The summed E-state index contributed by atoms with van der Waals surface area (Å²) in [5, 5.41) is 2.47. The van der Waals surface area contributed by atoms with Crippen molar-refractivity contribution in [3.8, 4) is 0 Å². The van der Waals surface area contributed by atoms with Crippen LogP contribution in [0.25, 0.3) is 0 Å². The molecule has 0 radical (unpaired) electrons. The lowest BCUT2D eigenvalue weighted by molar-refractivity contribution is -0.132. The number of carbonyl (C=O) groups is 2. The van der Waals surface area contributed by atoms with E-state index in [1.165, 1.54) is 0 Å². The van der Waals surface area contributed by atoms with Gasteiger partial charge in [-0.2, -0.15) is 0 Å². The van der Waals surface area contributed by atoms with Crippen molar-refractivity contribution in [2.24, 2.45) is 11.5 Å². The monoisotopic (exact) mass is 214 g/mol. The molecule has 0 spiro atoms. The van der Waals surface area contributed by atoms with Crippen molar-refractivity contribution in [1.29, 1.82) is 0 Å². The fraction of sp³-hybridized carbons (Fsp3) is 0.778. The van der Waals surface area contributed by atoms with E-state index in [2.05, 4.69) is 5.32 Å². The molecule has 0 aromatic carbocycles. The highest BCUT2D eigenvalue weighted by molar-refractivity contribution is 5.87. The van der Waals surface area contributed by atoms with Gasteiger partial charge in [-0.3, -0.25) is 9.59 Å². The van der Waals surface area contributed by atoms with E-state index in [-0.39, 0.29) is 24.9 Å². The van der Waals surface area contributed by atoms with Crippen LogP contribution in [-0.2, 0) is 9.59 Å². The number of hydrogen-bond acceptors (Lipinski definition) is 4. The molecular weight excluding hydrogens is 196 g/mol. The lowest BCUT2D eigenvalue weighted by Crippen LogP contribution is -2.48. The Kier molecular flexibility index (Phi) is 4.51. The zero-order valence-electron chi connectivity index (χ0n) is 8.74. The van der Waals surface area contributed by atoms with E-state index in [0.29, 0.717) is 0 Å². The Morgan fingerprint density at radius 3 is 2.47 bits per heavy atom. The van der Waals surface area contributed by atoms with E-state index in [1.807, 2.05) is 0 Å². The summed E-state index contributed by atoms with van der Waals surface area (Å²) >= 11 is 0. The topological polar surface area (TPSA) is 101 Å². The van der Waals surface area contributed by atoms with Gasteiger partial charge in [0.05, 0.1) is 12.6 Å². The molecule has 6 heteroatoms. The van der Waals surface area contributed by atoms with Gasteiger partial charge in [-0.15, -0.1) is 0 Å². The number of amides is 2. The molecule has 0 aromatic heterocycles. The third kappa shape index (κ3) is 3.49. The van der Waals surface area contributed by atoms with Crippen molar-refractivity contribution in [3.63, 3.8) is 0 Å². The highest BCUT2D eigenvalue weighted by atomic mass is 16.2. The summed E-state index contributed by atoms with van der Waals surface area (Å²) in [6, 6.07) is -0.726. The first-order chi connectivity index (χ1) is 7.15. The van der Waals surface area contributed by atoms with E-state index in [0.717, 1.165) is 25.9 Å². The summed E-state index contributed by atoms with van der Waals surface area (Å²) in [5.74, 6) is -0.421. The van der Waals surface area contributed by atoms with Crippen LogP contribution >= 0.6 is 0 Å². The van der Waals surface area contributed by atoms with Crippen LogP contribution in [0.5, 0.6) is 0 Å². The maximum Gasteiger partial charge on any atom is 0.241 e. The number of nitrogens with zero attached hydrogens (tertiary/aromatic N) is 1. The summed E-state index contributed by atoms with van der Waals surface area (Å²) < 4.78 is 0. The van der Waals surface area contributed by atoms with E-state index >= 15 is 0 Å². The molecule has 1 rings (SSSR count). The number of hydrogen-bond donors (Lipinski definition) is 3. The molecule has 15 heavy (non-hydrogen) atoms. The average Bonchev–Trinajstić information content (AvgIpc) is 2.77. The normalized spacial score (nSPS) is 17.6. The first-order valence-electron chi connectivity index (χ1n) is 5.16. The summed E-state index contributed by atoms with van der Waals surface area (Å²) in [4.78, 5) is 24.5. The van der Waals surface area contributed by atoms with Crippen LogP contribution in [0, 0.1) is 0 Å². The molecule has 86 valence electrons. The second-order valence-electron chi connectivity index (χ2n) is 3.65. The first kappa shape index (κ1) is 11.9. The van der Waals surface area contributed by atoms with Crippen LogP contribution < -0.4 is 16.8 Å². The van der Waals surface area contributed by atoms with Gasteiger partial charge >= 0.3 is 0 Å². The molecule has 6 nitrogen and oxygen atoms in total. The lowest BCUT2D eigenvalue weighted by atomic mass is 10.3. The molecule has 0 aliphatic carbocycles. The minimum absolute atomic E-state index is 0.0204. The standard InChI is InChI=1S/C9H18N4O2/c10-5-7(11)9(15)12-6-8(14)13-3-1-2-4-13/h7H,1-6,10-11H2,(H,12,15). The summed E-state index contributed by atoms with van der Waals surface area (Å²) in [7, 11) is 0. The molecule has 1 aliphatic rings. The second kappa shape index (κ2) is 5.67. The van der Waals surface area contributed by atoms with Gasteiger partial charge in [-0.05, 0) is 12.8 Å². The van der Waals surface area contributed by atoms with E-state index in [1.54, 1.807) is 4.90 Å². The molecule has 1 aliphatic heterocycles. The van der Waals surface area contributed by atoms with Gasteiger partial charge in [0.25, 0.3) is 0 Å². The van der Waals surface area contributed by atoms with Gasteiger partial charge in [-0.25, -0.2) is 0 Å². The number of carbonyl (C=O) groups excluding carboxylic acids is 2. The number of rotatable bonds is 4. The molecule has 2 amide bonds. The van der Waals surface area contributed by atoms with Crippen molar-refractivity contribution < 1.29 is 9.59 Å². The fourth-order valence-corrected chi connectivity index (χ4v) is 1.48. The number of likely N-dealkylation sites (tertiary alicyclic amines) is 1. The zero-order chi connectivity index (χ0) is 11.3. The Bertz CT molecular complexity index is 238. The van der Waals surface area contributed by atoms with Crippen molar-refractivity contribution >= 4 is 11.8 Å². The van der Waals surface area contributed by atoms with Crippen LogP contribution in [0.2, 0.25) is 0 Å². The maximum absolute atomic E-state index is 11.5. The third-order valence-corrected chi connectivity index (χ3v) is 2.46. The molecule has 1 heterocycles. The molecule has 1 unspecified atom stereocenters. The first-order valence-corrected chi connectivity index (χ1v) is 5.16. The van der Waals surface area contributed by atoms with Crippen molar-refractivity contribution in [3.05, 3.63) is 0 Å². The zero-order valence-corrected chi connectivity index (χ0v) is 8.74. The quantitative estimate of drug-likeness (QED) is 0.504. The Morgan fingerprint density at radius 1 is 1.33 bits per heavy atom. The summed E-state index contributed by atoms with van der Waals surface area (Å²) in [6.45, 7) is 1.69. The SMILES string of the molecule is NCC(N)C(=O)NCC(=O)N1CCCC1. The van der Waals surface area contributed by atoms with Crippen molar-refractivity contribution in [2.45, 2.75) is 18.9 Å². The smallest absolute Gasteiger partial charge is 0.241 e. The van der Waals surface area contributed by atoms with Crippen molar-refractivity contribution in [1.82, 2.24) is 10.2 Å². The highest BCUT2D eigenvalue weighted by Gasteiger charge is 2.19. The average molecular weight is 214 g/mol. The van der Waals surface area contributed by atoms with Gasteiger partial charge in [0.1, 0.15) is 0 Å². The van der Waals surface area contributed by atoms with Gasteiger partial charge in [-0.1, -0.05) is 0 Å². The van der Waals surface area contributed by atoms with Crippen LogP contribution in [0.4, 0.5) is 0 Å². The van der Waals surface area contributed by atoms with Gasteiger partial charge < -0.3 is 21.7 Å². The second-order valence-corrected chi connectivity index (χ2v) is 3.65. The number of nitrogens with one attached hydrogen (secondary N) is 1. The Balaban J connectivity index is 2.24. The molecule has 0 aromatic rings. The number of nitrogens with two attached hydrogens (primary N) is 2. The third-order valence-electron chi connectivity index (χ3n) is 2.46. The highest BCUT2D eigenvalue weighted by Crippen LogP contribution is 2.06. The molecular formula is C9H18N4O2. The van der Waals surface area contributed by atoms with E-state index in [4.69, 9.17) is 11.5 Å². The lowest BCUT2D eigenvalue weighted by Gasteiger charge is -2.16. The van der Waals surface area contributed by atoms with Crippen molar-refractivity contribution in [2.75, 3.05) is 26.2 Å².